The molecule has 0 spiro atoms. The highest BCUT2D eigenvalue weighted by Crippen LogP contribution is 2.36. The second kappa shape index (κ2) is 6.76. The molecule has 0 aromatic heterocycles. The maximum Gasteiger partial charge on any atom is 0.311 e. The number of carboxylic acid groups (broad SMARTS) is 1. The third-order valence-corrected chi connectivity index (χ3v) is 4.12. The van der Waals surface area contributed by atoms with Crippen molar-refractivity contribution < 1.29 is 14.7 Å². The third-order valence-electron chi connectivity index (χ3n) is 4.12. The first-order chi connectivity index (χ1) is 8.50. The second-order valence-electron chi connectivity index (χ2n) is 5.64. The van der Waals surface area contributed by atoms with Gasteiger partial charge in [0.15, 0.2) is 0 Å². The van der Waals surface area contributed by atoms with Crippen LogP contribution in [0.2, 0.25) is 0 Å². The van der Waals surface area contributed by atoms with E-state index < -0.39 is 11.4 Å². The van der Waals surface area contributed by atoms with Crippen molar-refractivity contribution >= 4 is 11.9 Å². The number of amides is 1. The van der Waals surface area contributed by atoms with Gasteiger partial charge >= 0.3 is 5.97 Å². The number of nitrogens with one attached hydrogen (secondary N) is 1. The SMILES string of the molecule is CCC(C)CC(=O)NCC1(C(=O)O)CCCCC1. The zero-order chi connectivity index (χ0) is 13.6. The summed E-state index contributed by atoms with van der Waals surface area (Å²) in [4.78, 5) is 23.1. The highest BCUT2D eigenvalue weighted by atomic mass is 16.4. The van der Waals surface area contributed by atoms with Crippen LogP contribution in [0.3, 0.4) is 0 Å². The molecule has 0 aromatic carbocycles. The molecule has 0 heterocycles. The van der Waals surface area contributed by atoms with Crippen LogP contribution < -0.4 is 5.32 Å². The smallest absolute Gasteiger partial charge is 0.311 e. The minimum Gasteiger partial charge on any atom is -0.481 e. The van der Waals surface area contributed by atoms with Crippen LogP contribution in [0, 0.1) is 11.3 Å². The third kappa shape index (κ3) is 4.00. The van der Waals surface area contributed by atoms with Gasteiger partial charge in [-0.2, -0.15) is 0 Å². The number of rotatable bonds is 6. The van der Waals surface area contributed by atoms with Gasteiger partial charge in [-0.1, -0.05) is 39.5 Å². The Morgan fingerprint density at radius 2 is 1.89 bits per heavy atom. The largest absolute Gasteiger partial charge is 0.481 e. The molecule has 1 rings (SSSR count). The van der Waals surface area contributed by atoms with Crippen LogP contribution in [-0.2, 0) is 9.59 Å². The Bertz CT molecular complexity index is 295. The summed E-state index contributed by atoms with van der Waals surface area (Å²) in [6, 6.07) is 0. The van der Waals surface area contributed by atoms with E-state index in [0.29, 0.717) is 25.2 Å². The van der Waals surface area contributed by atoms with E-state index in [2.05, 4.69) is 12.2 Å². The molecular weight excluding hydrogens is 230 g/mol. The van der Waals surface area contributed by atoms with Gasteiger partial charge in [-0.3, -0.25) is 9.59 Å². The van der Waals surface area contributed by atoms with Crippen LogP contribution in [-0.4, -0.2) is 23.5 Å². The molecule has 0 aliphatic heterocycles. The Morgan fingerprint density at radius 1 is 1.28 bits per heavy atom. The molecule has 0 bridgehead atoms. The normalized spacial score (nSPS) is 20.1. The van der Waals surface area contributed by atoms with Crippen LogP contribution in [0.1, 0.15) is 58.8 Å². The lowest BCUT2D eigenvalue weighted by atomic mass is 9.74. The lowest BCUT2D eigenvalue weighted by Gasteiger charge is -2.33. The lowest BCUT2D eigenvalue weighted by molar-refractivity contribution is -0.151. The zero-order valence-corrected chi connectivity index (χ0v) is 11.5. The predicted molar refractivity (Wildman–Crippen MR) is 70.2 cm³/mol. The summed E-state index contributed by atoms with van der Waals surface area (Å²) >= 11 is 0. The van der Waals surface area contributed by atoms with Crippen LogP contribution >= 0.6 is 0 Å². The number of hydrogen-bond donors (Lipinski definition) is 2. The minimum atomic E-state index is -0.758. The molecule has 1 aliphatic rings. The van der Waals surface area contributed by atoms with Gasteiger partial charge < -0.3 is 10.4 Å². The number of aliphatic carboxylic acids is 1. The van der Waals surface area contributed by atoms with E-state index >= 15 is 0 Å². The molecule has 0 saturated heterocycles. The first-order valence-corrected chi connectivity index (χ1v) is 7.00. The van der Waals surface area contributed by atoms with Crippen molar-refractivity contribution in [2.75, 3.05) is 6.54 Å². The topological polar surface area (TPSA) is 66.4 Å². The van der Waals surface area contributed by atoms with Crippen molar-refractivity contribution in [3.8, 4) is 0 Å². The van der Waals surface area contributed by atoms with Crippen molar-refractivity contribution in [1.82, 2.24) is 5.32 Å². The summed E-state index contributed by atoms with van der Waals surface area (Å²) in [6.45, 7) is 4.38. The average Bonchev–Trinajstić information content (AvgIpc) is 2.37. The van der Waals surface area contributed by atoms with Crippen molar-refractivity contribution in [2.24, 2.45) is 11.3 Å². The summed E-state index contributed by atoms with van der Waals surface area (Å²) in [5.41, 5.74) is -0.719. The molecule has 0 aromatic rings. The Hall–Kier alpha value is -1.06. The molecule has 0 radical (unpaired) electrons. The standard InChI is InChI=1S/C14H25NO3/c1-3-11(2)9-12(16)15-10-14(13(17)18)7-5-4-6-8-14/h11H,3-10H2,1-2H3,(H,15,16)(H,17,18). The Kier molecular flexibility index (Phi) is 5.63. The molecule has 4 heteroatoms. The van der Waals surface area contributed by atoms with Gasteiger partial charge in [0.1, 0.15) is 0 Å². The van der Waals surface area contributed by atoms with Gasteiger partial charge in [0.25, 0.3) is 0 Å². The first kappa shape index (κ1) is 15.0. The predicted octanol–water partition coefficient (Wildman–Crippen LogP) is 2.57. The highest BCUT2D eigenvalue weighted by molar-refractivity contribution is 5.79. The van der Waals surface area contributed by atoms with E-state index in [4.69, 9.17) is 0 Å². The van der Waals surface area contributed by atoms with E-state index in [1.807, 2.05) is 6.92 Å². The number of carboxylic acids is 1. The fourth-order valence-corrected chi connectivity index (χ4v) is 2.50. The van der Waals surface area contributed by atoms with Crippen LogP contribution in [0.4, 0.5) is 0 Å². The molecule has 104 valence electrons. The van der Waals surface area contributed by atoms with Crippen LogP contribution in [0.15, 0.2) is 0 Å². The molecule has 4 nitrogen and oxygen atoms in total. The van der Waals surface area contributed by atoms with E-state index in [1.54, 1.807) is 0 Å². The van der Waals surface area contributed by atoms with E-state index in [-0.39, 0.29) is 12.5 Å². The molecule has 18 heavy (non-hydrogen) atoms. The van der Waals surface area contributed by atoms with E-state index in [9.17, 15) is 14.7 Å². The average molecular weight is 255 g/mol. The molecule has 1 atom stereocenters. The Balaban J connectivity index is 2.47. The molecule has 1 unspecified atom stereocenters. The van der Waals surface area contributed by atoms with Gasteiger partial charge in [0.05, 0.1) is 5.41 Å². The van der Waals surface area contributed by atoms with Gasteiger partial charge in [0.2, 0.25) is 5.91 Å². The number of carbonyl (C=O) groups excluding carboxylic acids is 1. The fourth-order valence-electron chi connectivity index (χ4n) is 2.50. The maximum absolute atomic E-state index is 11.7. The van der Waals surface area contributed by atoms with Crippen molar-refractivity contribution in [1.29, 1.82) is 0 Å². The first-order valence-electron chi connectivity index (χ1n) is 7.00. The van der Waals surface area contributed by atoms with E-state index in [1.165, 1.54) is 0 Å². The highest BCUT2D eigenvalue weighted by Gasteiger charge is 2.39. The number of hydrogen-bond acceptors (Lipinski definition) is 2. The summed E-state index contributed by atoms with van der Waals surface area (Å²) < 4.78 is 0. The monoisotopic (exact) mass is 255 g/mol. The van der Waals surface area contributed by atoms with E-state index in [0.717, 1.165) is 25.7 Å². The van der Waals surface area contributed by atoms with Crippen LogP contribution in [0.5, 0.6) is 0 Å². The molecular formula is C14H25NO3. The second-order valence-corrected chi connectivity index (χ2v) is 5.64. The van der Waals surface area contributed by atoms with Crippen molar-refractivity contribution in [3.63, 3.8) is 0 Å². The zero-order valence-electron chi connectivity index (χ0n) is 11.5. The number of carbonyl (C=O) groups is 2. The minimum absolute atomic E-state index is 0.0180. The van der Waals surface area contributed by atoms with Gasteiger partial charge in [-0.15, -0.1) is 0 Å². The summed E-state index contributed by atoms with van der Waals surface area (Å²) in [5.74, 6) is -0.418. The fraction of sp³-hybridized carbons (Fsp3) is 0.857. The lowest BCUT2D eigenvalue weighted by Crippen LogP contribution is -2.44. The molecule has 1 amide bonds. The van der Waals surface area contributed by atoms with Crippen molar-refractivity contribution in [3.05, 3.63) is 0 Å². The van der Waals surface area contributed by atoms with Gasteiger partial charge in [0, 0.05) is 13.0 Å². The Labute approximate surface area is 109 Å². The van der Waals surface area contributed by atoms with Gasteiger partial charge in [-0.05, 0) is 18.8 Å². The summed E-state index contributed by atoms with van der Waals surface area (Å²) in [6.07, 6.45) is 5.85. The maximum atomic E-state index is 11.7. The Morgan fingerprint density at radius 3 is 2.39 bits per heavy atom. The molecule has 1 aliphatic carbocycles. The summed E-state index contributed by atoms with van der Waals surface area (Å²) in [7, 11) is 0. The van der Waals surface area contributed by atoms with Crippen molar-refractivity contribution in [2.45, 2.75) is 58.8 Å². The molecule has 1 saturated carbocycles. The van der Waals surface area contributed by atoms with Crippen LogP contribution in [0.25, 0.3) is 0 Å². The molecule has 2 N–H and O–H groups in total. The summed E-state index contributed by atoms with van der Waals surface area (Å²) in [5, 5.41) is 12.2. The molecule has 1 fully saturated rings. The quantitative estimate of drug-likeness (QED) is 0.766. The van der Waals surface area contributed by atoms with Gasteiger partial charge in [-0.25, -0.2) is 0 Å².